The molecule has 3 aromatic heterocycles. The molecular weight excluding hydrogens is 262 g/mol. The van der Waals surface area contributed by atoms with E-state index >= 15 is 0 Å². The minimum Gasteiger partial charge on any atom is -0.320 e. The van der Waals surface area contributed by atoms with Gasteiger partial charge in [0, 0.05) is 35.7 Å². The van der Waals surface area contributed by atoms with Gasteiger partial charge in [0.1, 0.15) is 5.82 Å². The molecule has 4 aromatic rings. The van der Waals surface area contributed by atoms with Crippen LogP contribution in [0.4, 0.5) is 0 Å². The van der Waals surface area contributed by atoms with E-state index in [0.29, 0.717) is 0 Å². The van der Waals surface area contributed by atoms with Crippen LogP contribution in [0.5, 0.6) is 0 Å². The number of hydrogen-bond donors (Lipinski definition) is 0. The summed E-state index contributed by atoms with van der Waals surface area (Å²) in [5.74, 6) is 1.74. The summed E-state index contributed by atoms with van der Waals surface area (Å²) in [4.78, 5) is 13.6. The third kappa shape index (κ3) is 1.15. The van der Waals surface area contributed by atoms with E-state index in [1.807, 2.05) is 30.7 Å². The molecule has 0 amide bonds. The second kappa shape index (κ2) is 3.31. The van der Waals surface area contributed by atoms with Crippen molar-refractivity contribution in [3.05, 3.63) is 48.7 Å². The second-order valence-electron chi connectivity index (χ2n) is 5.94. The van der Waals surface area contributed by atoms with Gasteiger partial charge in [-0.2, -0.15) is 0 Å². The van der Waals surface area contributed by atoms with E-state index in [2.05, 4.69) is 43.8 Å². The fourth-order valence-electron chi connectivity index (χ4n) is 3.52. The summed E-state index contributed by atoms with van der Waals surface area (Å²) in [6, 6.07) is 6.20. The van der Waals surface area contributed by atoms with Gasteiger partial charge in [0.15, 0.2) is 0 Å². The van der Waals surface area contributed by atoms with E-state index in [0.717, 1.165) is 22.7 Å². The zero-order valence-electron chi connectivity index (χ0n) is 11.8. The summed E-state index contributed by atoms with van der Waals surface area (Å²) in [5, 5.41) is 1.17. The van der Waals surface area contributed by atoms with E-state index in [4.69, 9.17) is 0 Å². The Labute approximate surface area is 120 Å². The minimum absolute atomic E-state index is 0.208. The van der Waals surface area contributed by atoms with Gasteiger partial charge in [-0.15, -0.1) is 0 Å². The minimum atomic E-state index is -0.208. The number of imidazole rings is 2. The lowest BCUT2D eigenvalue weighted by atomic mass is 9.89. The van der Waals surface area contributed by atoms with Crippen molar-refractivity contribution in [2.45, 2.75) is 19.4 Å². The van der Waals surface area contributed by atoms with Gasteiger partial charge in [-0.3, -0.25) is 4.40 Å². The van der Waals surface area contributed by atoms with Gasteiger partial charge in [0.25, 0.3) is 0 Å². The van der Waals surface area contributed by atoms with Crippen LogP contribution >= 0.6 is 0 Å². The molecule has 102 valence electrons. The van der Waals surface area contributed by atoms with Gasteiger partial charge in [0.2, 0.25) is 5.78 Å². The monoisotopic (exact) mass is 275 g/mol. The summed E-state index contributed by atoms with van der Waals surface area (Å²) in [6.45, 7) is 4.42. The third-order valence-electron chi connectivity index (χ3n) is 4.43. The Bertz CT molecular complexity index is 1020. The topological polar surface area (TPSA) is 48.0 Å². The maximum absolute atomic E-state index is 4.68. The Morgan fingerprint density at radius 3 is 2.81 bits per heavy atom. The molecule has 0 fully saturated rings. The average Bonchev–Trinajstić information content (AvgIpc) is 3.11. The lowest BCUT2D eigenvalue weighted by molar-refractivity contribution is 0.422. The quantitative estimate of drug-likeness (QED) is 0.496. The van der Waals surface area contributed by atoms with Gasteiger partial charge >= 0.3 is 0 Å². The van der Waals surface area contributed by atoms with Gasteiger partial charge in [-0.25, -0.2) is 15.0 Å². The normalized spacial score (nSPS) is 15.5. The number of benzene rings is 1. The summed E-state index contributed by atoms with van der Waals surface area (Å²) < 4.78 is 4.32. The highest BCUT2D eigenvalue weighted by Crippen LogP contribution is 2.42. The summed E-state index contributed by atoms with van der Waals surface area (Å²) in [5.41, 5.74) is 3.11. The van der Waals surface area contributed by atoms with Crippen molar-refractivity contribution in [3.8, 4) is 11.4 Å². The Morgan fingerprint density at radius 2 is 1.90 bits per heavy atom. The molecule has 5 rings (SSSR count). The second-order valence-corrected chi connectivity index (χ2v) is 5.94. The van der Waals surface area contributed by atoms with E-state index in [-0.39, 0.29) is 5.54 Å². The predicted octanol–water partition coefficient (Wildman–Crippen LogP) is 2.84. The fourth-order valence-corrected chi connectivity index (χ4v) is 3.52. The summed E-state index contributed by atoms with van der Waals surface area (Å²) in [7, 11) is 0. The van der Waals surface area contributed by atoms with Crippen LogP contribution in [0.25, 0.3) is 28.1 Å². The molecular formula is C16H13N5. The molecule has 0 spiro atoms. The number of nitrogens with zero attached hydrogens (tertiary/aromatic N) is 5. The smallest absolute Gasteiger partial charge is 0.234 e. The van der Waals surface area contributed by atoms with Gasteiger partial charge in [-0.05, 0) is 19.9 Å². The first kappa shape index (κ1) is 11.0. The van der Waals surface area contributed by atoms with E-state index in [1.54, 1.807) is 6.20 Å². The SMILES string of the molecule is CC1(C)c2c3c(cccc3nc3nccn23)-c2nccn21. The summed E-state index contributed by atoms with van der Waals surface area (Å²) >= 11 is 0. The molecule has 1 aliphatic heterocycles. The van der Waals surface area contributed by atoms with Crippen LogP contribution in [-0.2, 0) is 5.54 Å². The Morgan fingerprint density at radius 1 is 1.05 bits per heavy atom. The van der Waals surface area contributed by atoms with Crippen molar-refractivity contribution >= 4 is 16.7 Å². The molecule has 0 atom stereocenters. The molecule has 4 heterocycles. The molecule has 1 aliphatic rings. The summed E-state index contributed by atoms with van der Waals surface area (Å²) in [6.07, 6.45) is 7.69. The van der Waals surface area contributed by atoms with E-state index in [9.17, 15) is 0 Å². The number of aromatic nitrogens is 5. The highest BCUT2D eigenvalue weighted by Gasteiger charge is 2.35. The van der Waals surface area contributed by atoms with Crippen molar-refractivity contribution in [3.63, 3.8) is 0 Å². The average molecular weight is 275 g/mol. The molecule has 5 nitrogen and oxygen atoms in total. The molecule has 0 saturated heterocycles. The van der Waals surface area contributed by atoms with Crippen molar-refractivity contribution in [2.75, 3.05) is 0 Å². The molecule has 0 bridgehead atoms. The molecule has 0 N–H and O–H groups in total. The largest absolute Gasteiger partial charge is 0.320 e. The van der Waals surface area contributed by atoms with E-state index in [1.165, 1.54) is 11.1 Å². The molecule has 5 heteroatoms. The zero-order chi connectivity index (χ0) is 14.2. The molecule has 0 unspecified atom stereocenters. The van der Waals surface area contributed by atoms with Crippen molar-refractivity contribution in [1.29, 1.82) is 0 Å². The molecule has 1 aromatic carbocycles. The van der Waals surface area contributed by atoms with Crippen molar-refractivity contribution < 1.29 is 0 Å². The molecule has 0 aliphatic carbocycles. The van der Waals surface area contributed by atoms with Crippen molar-refractivity contribution in [1.82, 2.24) is 23.9 Å². The first-order chi connectivity index (χ1) is 10.2. The Balaban J connectivity index is 2.15. The molecule has 0 saturated carbocycles. The number of fused-ring (bicyclic) bond motifs is 4. The lowest BCUT2D eigenvalue weighted by Gasteiger charge is -2.35. The van der Waals surface area contributed by atoms with Crippen LogP contribution in [-0.4, -0.2) is 23.9 Å². The third-order valence-corrected chi connectivity index (χ3v) is 4.43. The van der Waals surface area contributed by atoms with Crippen LogP contribution in [0.1, 0.15) is 19.5 Å². The lowest BCUT2D eigenvalue weighted by Crippen LogP contribution is -2.33. The van der Waals surface area contributed by atoms with Crippen LogP contribution in [0.15, 0.2) is 43.0 Å². The zero-order valence-corrected chi connectivity index (χ0v) is 11.8. The van der Waals surface area contributed by atoms with Gasteiger partial charge in [-0.1, -0.05) is 12.1 Å². The highest BCUT2D eigenvalue weighted by molar-refractivity contribution is 5.97. The van der Waals surface area contributed by atoms with E-state index < -0.39 is 0 Å². The van der Waals surface area contributed by atoms with Crippen molar-refractivity contribution in [2.24, 2.45) is 0 Å². The van der Waals surface area contributed by atoms with Crippen LogP contribution < -0.4 is 0 Å². The standard InChI is InChI=1S/C16H13N5/c1-16(2)13-12-10(14-17-7-9-21(14)16)4-3-5-11(12)19-15-18-6-8-20(13)15/h3-9H,1-2H3. The maximum atomic E-state index is 4.68. The van der Waals surface area contributed by atoms with Gasteiger partial charge in [0.05, 0.1) is 16.7 Å². The first-order valence-corrected chi connectivity index (χ1v) is 6.98. The van der Waals surface area contributed by atoms with Crippen LogP contribution in [0.3, 0.4) is 0 Å². The predicted molar refractivity (Wildman–Crippen MR) is 80.1 cm³/mol. The van der Waals surface area contributed by atoms with Crippen LogP contribution in [0, 0.1) is 0 Å². The van der Waals surface area contributed by atoms with Gasteiger partial charge < -0.3 is 4.57 Å². The highest BCUT2D eigenvalue weighted by atomic mass is 15.2. The molecule has 0 radical (unpaired) electrons. The number of hydrogen-bond acceptors (Lipinski definition) is 3. The first-order valence-electron chi connectivity index (χ1n) is 6.98. The Kier molecular flexibility index (Phi) is 1.74. The number of rotatable bonds is 0. The van der Waals surface area contributed by atoms with Crippen LogP contribution in [0.2, 0.25) is 0 Å². The molecule has 21 heavy (non-hydrogen) atoms. The Hall–Kier alpha value is -2.69. The maximum Gasteiger partial charge on any atom is 0.234 e. The fraction of sp³-hybridized carbons (Fsp3) is 0.188.